The molecule has 14 nitrogen and oxygen atoms in total. The molecule has 242 valence electrons. The third kappa shape index (κ3) is 8.92. The second kappa shape index (κ2) is 16.2. The number of hydrogen-bond donors (Lipinski definition) is 1. The number of esters is 1. The molecule has 0 aliphatic heterocycles. The Morgan fingerprint density at radius 3 is 2.40 bits per heavy atom. The number of hydrogen-bond acceptors (Lipinski definition) is 12. The molecule has 0 aliphatic rings. The highest BCUT2D eigenvalue weighted by molar-refractivity contribution is 5.94. The van der Waals surface area contributed by atoms with Gasteiger partial charge < -0.3 is 29.2 Å². The summed E-state index contributed by atoms with van der Waals surface area (Å²) in [4.78, 5) is 46.5. The van der Waals surface area contributed by atoms with Crippen molar-refractivity contribution in [1.29, 1.82) is 5.26 Å². The van der Waals surface area contributed by atoms with Crippen molar-refractivity contribution in [2.45, 2.75) is 27.4 Å². The molecule has 0 spiro atoms. The van der Waals surface area contributed by atoms with Gasteiger partial charge in [0, 0.05) is 24.7 Å². The molecule has 4 aromatic rings. The molecule has 1 heterocycles. The van der Waals surface area contributed by atoms with Crippen LogP contribution in [0.25, 0.3) is 0 Å². The minimum absolute atomic E-state index is 0.0444. The SMILES string of the molecule is CCOC(=O)CNc1nc(Oc2cc(C#N)ccc2OCc2ccccc2)nc(Oc2cccc(C(=O)N(CC)CC)c2)c1[N+](=O)[O-]. The van der Waals surface area contributed by atoms with Gasteiger partial charge in [0.05, 0.1) is 23.2 Å². The zero-order valence-corrected chi connectivity index (χ0v) is 26.0. The summed E-state index contributed by atoms with van der Waals surface area (Å²) in [6, 6.07) is 21.5. The number of benzene rings is 3. The molecule has 1 amide bonds. The van der Waals surface area contributed by atoms with Crippen LogP contribution in [0.15, 0.2) is 72.8 Å². The maximum atomic E-state index is 13.0. The fourth-order valence-corrected chi connectivity index (χ4v) is 4.30. The third-order valence-corrected chi connectivity index (χ3v) is 6.58. The summed E-state index contributed by atoms with van der Waals surface area (Å²) in [5, 5.41) is 24.4. The summed E-state index contributed by atoms with van der Waals surface area (Å²) in [6.07, 6.45) is 0. The number of nitrogens with one attached hydrogen (secondary N) is 1. The van der Waals surface area contributed by atoms with Gasteiger partial charge in [0.15, 0.2) is 11.5 Å². The average molecular weight is 641 g/mol. The molecule has 0 fully saturated rings. The summed E-state index contributed by atoms with van der Waals surface area (Å²) in [5.41, 5.74) is 0.708. The first-order valence-electron chi connectivity index (χ1n) is 14.7. The molecule has 1 N–H and O–H groups in total. The van der Waals surface area contributed by atoms with E-state index in [9.17, 15) is 25.0 Å². The summed E-state index contributed by atoms with van der Waals surface area (Å²) < 4.78 is 22.7. The molecule has 0 saturated carbocycles. The van der Waals surface area contributed by atoms with Crippen molar-refractivity contribution in [1.82, 2.24) is 14.9 Å². The van der Waals surface area contributed by atoms with E-state index < -0.39 is 40.8 Å². The highest BCUT2D eigenvalue weighted by atomic mass is 16.6. The minimum atomic E-state index is -0.776. The Kier molecular flexibility index (Phi) is 11.6. The van der Waals surface area contributed by atoms with Gasteiger partial charge in [-0.25, -0.2) is 0 Å². The molecule has 47 heavy (non-hydrogen) atoms. The number of nitrogens with zero attached hydrogens (tertiary/aromatic N) is 5. The average Bonchev–Trinajstić information content (AvgIpc) is 3.07. The van der Waals surface area contributed by atoms with Gasteiger partial charge in [-0.2, -0.15) is 15.2 Å². The molecule has 0 atom stereocenters. The van der Waals surface area contributed by atoms with E-state index in [-0.39, 0.29) is 41.9 Å². The summed E-state index contributed by atoms with van der Waals surface area (Å²) in [5.74, 6) is -1.52. The van der Waals surface area contributed by atoms with Gasteiger partial charge in [0.2, 0.25) is 5.82 Å². The van der Waals surface area contributed by atoms with E-state index in [1.807, 2.05) is 50.2 Å². The van der Waals surface area contributed by atoms with Crippen molar-refractivity contribution in [2.24, 2.45) is 0 Å². The monoisotopic (exact) mass is 640 g/mol. The minimum Gasteiger partial charge on any atom is -0.485 e. The van der Waals surface area contributed by atoms with Crippen LogP contribution in [0.1, 0.15) is 42.3 Å². The molecule has 0 unspecified atom stereocenters. The molecular formula is C33H32N6O8. The van der Waals surface area contributed by atoms with E-state index >= 15 is 0 Å². The quantitative estimate of drug-likeness (QED) is 0.0928. The fourth-order valence-electron chi connectivity index (χ4n) is 4.30. The maximum absolute atomic E-state index is 13.0. The molecule has 1 aromatic heterocycles. The lowest BCUT2D eigenvalue weighted by atomic mass is 10.2. The molecule has 0 saturated heterocycles. The Hall–Kier alpha value is -6.23. The first kappa shape index (κ1) is 33.7. The van der Waals surface area contributed by atoms with Crippen LogP contribution >= 0.6 is 0 Å². The third-order valence-electron chi connectivity index (χ3n) is 6.58. The Labute approximate surface area is 270 Å². The van der Waals surface area contributed by atoms with Crippen LogP contribution in [-0.4, -0.2) is 57.9 Å². The van der Waals surface area contributed by atoms with Crippen LogP contribution in [0.5, 0.6) is 29.1 Å². The van der Waals surface area contributed by atoms with Gasteiger partial charge >= 0.3 is 23.5 Å². The van der Waals surface area contributed by atoms with Crippen molar-refractivity contribution in [3.05, 3.63) is 99.6 Å². The smallest absolute Gasteiger partial charge is 0.373 e. The van der Waals surface area contributed by atoms with Gasteiger partial charge in [-0.15, -0.1) is 0 Å². The number of nitro groups is 1. The predicted octanol–water partition coefficient (Wildman–Crippen LogP) is 5.88. The largest absolute Gasteiger partial charge is 0.485 e. The first-order chi connectivity index (χ1) is 22.8. The van der Waals surface area contributed by atoms with E-state index in [0.29, 0.717) is 18.7 Å². The lowest BCUT2D eigenvalue weighted by Gasteiger charge is -2.19. The first-order valence-corrected chi connectivity index (χ1v) is 14.7. The number of amides is 1. The Balaban J connectivity index is 1.76. The van der Waals surface area contributed by atoms with Crippen LogP contribution in [0.2, 0.25) is 0 Å². The highest BCUT2D eigenvalue weighted by Gasteiger charge is 2.29. The van der Waals surface area contributed by atoms with Crippen molar-refractivity contribution < 1.29 is 33.5 Å². The molecule has 3 aromatic carbocycles. The van der Waals surface area contributed by atoms with Gasteiger partial charge in [0.25, 0.3) is 5.91 Å². The van der Waals surface area contributed by atoms with Crippen molar-refractivity contribution >= 4 is 23.4 Å². The van der Waals surface area contributed by atoms with Crippen LogP contribution < -0.4 is 19.5 Å². The highest BCUT2D eigenvalue weighted by Crippen LogP contribution is 2.39. The van der Waals surface area contributed by atoms with Crippen LogP contribution in [0, 0.1) is 21.4 Å². The zero-order chi connectivity index (χ0) is 33.8. The number of carbonyl (C=O) groups is 2. The van der Waals surface area contributed by atoms with Gasteiger partial charge in [0.1, 0.15) is 18.9 Å². The summed E-state index contributed by atoms with van der Waals surface area (Å²) >= 11 is 0. The van der Waals surface area contributed by atoms with E-state index in [1.54, 1.807) is 24.0 Å². The normalized spacial score (nSPS) is 10.3. The van der Waals surface area contributed by atoms with Gasteiger partial charge in [-0.1, -0.05) is 36.4 Å². The lowest BCUT2D eigenvalue weighted by Crippen LogP contribution is -2.30. The second-order valence-electron chi connectivity index (χ2n) is 9.68. The van der Waals surface area contributed by atoms with Crippen molar-refractivity contribution in [2.75, 3.05) is 31.6 Å². The van der Waals surface area contributed by atoms with Crippen molar-refractivity contribution in [3.63, 3.8) is 0 Å². The van der Waals surface area contributed by atoms with E-state index in [1.165, 1.54) is 30.3 Å². The van der Waals surface area contributed by atoms with E-state index in [0.717, 1.165) is 5.56 Å². The molecule has 14 heteroatoms. The fraction of sp³-hybridized carbons (Fsp3) is 0.242. The van der Waals surface area contributed by atoms with Gasteiger partial charge in [-0.05, 0) is 56.7 Å². The number of nitriles is 1. The number of carbonyl (C=O) groups excluding carboxylic acids is 2. The molecular weight excluding hydrogens is 608 g/mol. The topological polar surface area (TPSA) is 179 Å². The van der Waals surface area contributed by atoms with Crippen LogP contribution in [-0.2, 0) is 16.1 Å². The molecule has 0 radical (unpaired) electrons. The molecule has 0 aliphatic carbocycles. The second-order valence-corrected chi connectivity index (χ2v) is 9.68. The van der Waals surface area contributed by atoms with Gasteiger partial charge in [-0.3, -0.25) is 19.7 Å². The standard InChI is InChI=1S/C33H32N6O8/c1-4-38(5-2)32(41)24-13-10-14-25(18-24)46-31-29(39(42)43)30(35-20-28(40)44-6-3)36-33(37-31)47-27-17-23(19-34)15-16-26(27)45-21-22-11-8-7-9-12-22/h7-18H,4-6,20-21H2,1-3H3,(H,35,36,37). The van der Waals surface area contributed by atoms with Crippen LogP contribution in [0.4, 0.5) is 11.5 Å². The Morgan fingerprint density at radius 1 is 0.957 bits per heavy atom. The lowest BCUT2D eigenvalue weighted by molar-refractivity contribution is -0.385. The number of aromatic nitrogens is 2. The number of anilines is 1. The van der Waals surface area contributed by atoms with Crippen molar-refractivity contribution in [3.8, 4) is 35.2 Å². The zero-order valence-electron chi connectivity index (χ0n) is 26.0. The Morgan fingerprint density at radius 2 is 1.72 bits per heavy atom. The molecule has 0 bridgehead atoms. The predicted molar refractivity (Wildman–Crippen MR) is 170 cm³/mol. The van der Waals surface area contributed by atoms with E-state index in [4.69, 9.17) is 18.9 Å². The van der Waals surface area contributed by atoms with Crippen LogP contribution in [0.3, 0.4) is 0 Å². The van der Waals surface area contributed by atoms with E-state index in [2.05, 4.69) is 15.3 Å². The maximum Gasteiger partial charge on any atom is 0.373 e. The summed E-state index contributed by atoms with van der Waals surface area (Å²) in [7, 11) is 0. The number of ether oxygens (including phenoxy) is 4. The number of rotatable bonds is 15. The Bertz CT molecular complexity index is 1770. The summed E-state index contributed by atoms with van der Waals surface area (Å²) in [6.45, 7) is 6.09. The molecule has 4 rings (SSSR count).